The van der Waals surface area contributed by atoms with Gasteiger partial charge < -0.3 is 4.90 Å². The van der Waals surface area contributed by atoms with Crippen LogP contribution in [0.25, 0.3) is 33.0 Å². The monoisotopic (exact) mass is 663 g/mol. The minimum absolute atomic E-state index is 0.156. The van der Waals surface area contributed by atoms with Gasteiger partial charge in [-0.25, -0.2) is 0 Å². The molecule has 0 saturated heterocycles. The number of benzene rings is 6. The van der Waals surface area contributed by atoms with Gasteiger partial charge in [-0.3, -0.25) is 0 Å². The van der Waals surface area contributed by atoms with E-state index in [4.69, 9.17) is 0 Å². The Morgan fingerprint density at radius 1 is 0.549 bits per heavy atom. The molecule has 3 unspecified atom stereocenters. The summed E-state index contributed by atoms with van der Waals surface area (Å²) in [6, 6.07) is 49.2. The van der Waals surface area contributed by atoms with Gasteiger partial charge in [-0.05, 0) is 136 Å². The van der Waals surface area contributed by atoms with Crippen molar-refractivity contribution in [3.63, 3.8) is 0 Å². The van der Waals surface area contributed by atoms with E-state index in [9.17, 15) is 0 Å². The molecule has 3 atom stereocenters. The Morgan fingerprint density at radius 3 is 1.98 bits per heavy atom. The number of anilines is 3. The summed E-state index contributed by atoms with van der Waals surface area (Å²) in [5.74, 6) is 3.24. The first-order valence-corrected chi connectivity index (χ1v) is 19.8. The summed E-state index contributed by atoms with van der Waals surface area (Å²) in [4.78, 5) is 2.58. The van der Waals surface area contributed by atoms with Gasteiger partial charge in [0.25, 0.3) is 0 Å². The summed E-state index contributed by atoms with van der Waals surface area (Å²) in [5, 5.41) is 2.59. The molecule has 1 heteroatoms. The molecule has 1 nitrogen and oxygen atoms in total. The molecule has 0 spiro atoms. The number of hydrogen-bond donors (Lipinski definition) is 0. The lowest BCUT2D eigenvalue weighted by Gasteiger charge is -2.33. The molecule has 0 N–H and O–H groups in total. The maximum Gasteiger partial charge on any atom is 0.0543 e. The quantitative estimate of drug-likeness (QED) is 0.171. The lowest BCUT2D eigenvalue weighted by molar-refractivity contribution is 0.420. The van der Waals surface area contributed by atoms with Gasteiger partial charge in [0.1, 0.15) is 0 Å². The van der Waals surface area contributed by atoms with Crippen LogP contribution in [0.3, 0.4) is 0 Å². The van der Waals surface area contributed by atoms with Gasteiger partial charge in [-0.1, -0.05) is 137 Å². The van der Waals surface area contributed by atoms with Crippen LogP contribution in [0, 0.1) is 11.8 Å². The predicted molar refractivity (Wildman–Crippen MR) is 216 cm³/mol. The fraction of sp³-hybridized carbons (Fsp3) is 0.320. The van der Waals surface area contributed by atoms with Crippen molar-refractivity contribution in [2.75, 3.05) is 4.90 Å². The van der Waals surface area contributed by atoms with E-state index in [-0.39, 0.29) is 5.41 Å². The van der Waals surface area contributed by atoms with Crippen LogP contribution < -0.4 is 4.90 Å². The summed E-state index contributed by atoms with van der Waals surface area (Å²) < 4.78 is 0. The molecule has 6 aromatic rings. The molecule has 0 heterocycles. The lowest BCUT2D eigenvalue weighted by Crippen LogP contribution is -2.19. The topological polar surface area (TPSA) is 3.24 Å². The molecule has 3 fully saturated rings. The van der Waals surface area contributed by atoms with E-state index in [1.165, 1.54) is 125 Å². The largest absolute Gasteiger partial charge is 0.310 e. The molecule has 3 saturated carbocycles. The molecule has 2 bridgehead atoms. The Kier molecular flexibility index (Phi) is 7.49. The molecule has 0 radical (unpaired) electrons. The highest BCUT2D eigenvalue weighted by Gasteiger charge is 2.41. The van der Waals surface area contributed by atoms with E-state index in [0.717, 1.165) is 17.8 Å². The Labute approximate surface area is 304 Å². The normalized spacial score (nSPS) is 21.9. The zero-order chi connectivity index (χ0) is 34.1. The van der Waals surface area contributed by atoms with Crippen molar-refractivity contribution in [3.05, 3.63) is 150 Å². The number of rotatable bonds is 6. The smallest absolute Gasteiger partial charge is 0.0543 e. The second-order valence-corrected chi connectivity index (χ2v) is 16.7. The van der Waals surface area contributed by atoms with E-state index in [0.29, 0.717) is 5.92 Å². The highest BCUT2D eigenvalue weighted by Crippen LogP contribution is 2.57. The van der Waals surface area contributed by atoms with E-state index >= 15 is 0 Å². The molecule has 0 aliphatic heterocycles. The first-order valence-electron chi connectivity index (χ1n) is 19.8. The van der Waals surface area contributed by atoms with Crippen molar-refractivity contribution < 1.29 is 0 Å². The molecule has 4 aliphatic carbocycles. The van der Waals surface area contributed by atoms with Crippen molar-refractivity contribution in [1.82, 2.24) is 0 Å². The maximum atomic E-state index is 2.58. The Hall–Kier alpha value is -4.62. The summed E-state index contributed by atoms with van der Waals surface area (Å²) in [5.41, 5.74) is 14.8. The van der Waals surface area contributed by atoms with Crippen molar-refractivity contribution in [3.8, 4) is 22.3 Å². The van der Waals surface area contributed by atoms with Gasteiger partial charge in [0, 0.05) is 22.4 Å². The Balaban J connectivity index is 1.19. The van der Waals surface area contributed by atoms with Crippen molar-refractivity contribution in [2.24, 2.45) is 11.8 Å². The maximum absolute atomic E-state index is 2.58. The molecule has 0 aromatic heterocycles. The highest BCUT2D eigenvalue weighted by molar-refractivity contribution is 6.05. The minimum atomic E-state index is -0.156. The number of hydrogen-bond acceptors (Lipinski definition) is 1. The molecule has 10 rings (SSSR count). The Bertz CT molecular complexity index is 2230. The van der Waals surface area contributed by atoms with Gasteiger partial charge in [0.05, 0.1) is 5.69 Å². The molecule has 0 amide bonds. The van der Waals surface area contributed by atoms with Gasteiger partial charge in [0.15, 0.2) is 0 Å². The van der Waals surface area contributed by atoms with Crippen LogP contribution >= 0.6 is 0 Å². The lowest BCUT2D eigenvalue weighted by atomic mass is 9.77. The fourth-order valence-electron chi connectivity index (χ4n) is 11.0. The third kappa shape index (κ3) is 5.10. The molecular formula is C50H49N. The standard InChI is InChI=1S/C50H49N/c1-50(2)46-18-9-8-16-42(46)44-29-30-47(48(49(44)50)43-17-10-14-36-13-6-7-15-41(36)43)51(39-25-21-35(22-26-39)34-11-4-3-5-12-34)40-27-23-37(24-28-40)45-32-33-19-20-38(45)31-33/h6-10,13-18,21-30,33-34,38,45H,3-5,11-12,19-20,31-32H2,1-2H3. The zero-order valence-electron chi connectivity index (χ0n) is 30.2. The van der Waals surface area contributed by atoms with Crippen molar-refractivity contribution in [2.45, 2.75) is 88.9 Å². The third-order valence-electron chi connectivity index (χ3n) is 13.5. The van der Waals surface area contributed by atoms with E-state index in [2.05, 4.69) is 146 Å². The second-order valence-electron chi connectivity index (χ2n) is 16.7. The SMILES string of the molecule is CC1(C)c2ccccc2-c2ccc(N(c3ccc(C4CCCCC4)cc3)c3ccc(C4CC5CCC4C5)cc3)c(-c3cccc4ccccc34)c21. The average molecular weight is 664 g/mol. The Morgan fingerprint density at radius 2 is 1.24 bits per heavy atom. The summed E-state index contributed by atoms with van der Waals surface area (Å²) >= 11 is 0. The second kappa shape index (κ2) is 12.3. The van der Waals surface area contributed by atoms with Crippen LogP contribution in [-0.4, -0.2) is 0 Å². The summed E-state index contributed by atoms with van der Waals surface area (Å²) in [7, 11) is 0. The van der Waals surface area contributed by atoms with Crippen LogP contribution in [0.4, 0.5) is 17.1 Å². The van der Waals surface area contributed by atoms with E-state index in [1.807, 2.05) is 0 Å². The van der Waals surface area contributed by atoms with Crippen LogP contribution in [0.15, 0.2) is 127 Å². The number of nitrogens with zero attached hydrogens (tertiary/aromatic N) is 1. The molecular weight excluding hydrogens is 615 g/mol. The zero-order valence-corrected chi connectivity index (χ0v) is 30.2. The minimum Gasteiger partial charge on any atom is -0.310 e. The van der Waals surface area contributed by atoms with Crippen molar-refractivity contribution >= 4 is 27.8 Å². The van der Waals surface area contributed by atoms with Gasteiger partial charge in [-0.2, -0.15) is 0 Å². The fourth-order valence-corrected chi connectivity index (χ4v) is 11.0. The van der Waals surface area contributed by atoms with Crippen LogP contribution in [0.5, 0.6) is 0 Å². The third-order valence-corrected chi connectivity index (χ3v) is 13.5. The summed E-state index contributed by atoms with van der Waals surface area (Å²) in [6.07, 6.45) is 12.4. The predicted octanol–water partition coefficient (Wildman–Crippen LogP) is 14.2. The van der Waals surface area contributed by atoms with E-state index < -0.39 is 0 Å². The van der Waals surface area contributed by atoms with Gasteiger partial charge >= 0.3 is 0 Å². The molecule has 4 aliphatic rings. The molecule has 254 valence electrons. The molecule has 6 aromatic carbocycles. The van der Waals surface area contributed by atoms with Gasteiger partial charge in [-0.15, -0.1) is 0 Å². The van der Waals surface area contributed by atoms with E-state index in [1.54, 1.807) is 5.56 Å². The summed E-state index contributed by atoms with van der Waals surface area (Å²) in [6.45, 7) is 4.87. The first kappa shape index (κ1) is 31.1. The van der Waals surface area contributed by atoms with Crippen LogP contribution in [0.2, 0.25) is 0 Å². The van der Waals surface area contributed by atoms with Gasteiger partial charge in [0.2, 0.25) is 0 Å². The van der Waals surface area contributed by atoms with Crippen LogP contribution in [0.1, 0.15) is 106 Å². The first-order chi connectivity index (χ1) is 25.0. The average Bonchev–Trinajstić information content (AvgIpc) is 3.89. The number of fused-ring (bicyclic) bond motifs is 6. The van der Waals surface area contributed by atoms with Crippen LogP contribution in [-0.2, 0) is 5.41 Å². The van der Waals surface area contributed by atoms with Crippen molar-refractivity contribution in [1.29, 1.82) is 0 Å². The molecule has 51 heavy (non-hydrogen) atoms. The highest BCUT2D eigenvalue weighted by atomic mass is 15.1.